The number of nitrogens with one attached hydrogen (secondary N) is 1. The van der Waals surface area contributed by atoms with E-state index in [2.05, 4.69) is 57.8 Å². The van der Waals surface area contributed by atoms with Gasteiger partial charge in [0.25, 0.3) is 5.91 Å². The normalized spacial score (nSPS) is 17.0. The van der Waals surface area contributed by atoms with Gasteiger partial charge in [-0.1, -0.05) is 29.9 Å². The monoisotopic (exact) mass is 591 g/mol. The van der Waals surface area contributed by atoms with Gasteiger partial charge in [0.05, 0.1) is 34.4 Å². The van der Waals surface area contributed by atoms with E-state index in [0.717, 1.165) is 28.4 Å². The molecule has 4 rings (SSSR count). The number of amides is 1. The van der Waals surface area contributed by atoms with Crippen LogP contribution in [0.2, 0.25) is 5.02 Å². The number of halogens is 1. The number of carbonyl (C=O) groups excluding carboxylic acids is 1. The van der Waals surface area contributed by atoms with Crippen molar-refractivity contribution in [3.8, 4) is 10.6 Å². The smallest absolute Gasteiger partial charge is 0.304 e. The molecule has 1 fully saturated rings. The van der Waals surface area contributed by atoms with Gasteiger partial charge in [-0.3, -0.25) is 24.7 Å². The predicted molar refractivity (Wildman–Crippen MR) is 157 cm³/mol. The zero-order chi connectivity index (χ0) is 28.1. The summed E-state index contributed by atoms with van der Waals surface area (Å²) in [5.74, 6) is -0.464. The van der Waals surface area contributed by atoms with Crippen molar-refractivity contribution in [1.82, 2.24) is 24.8 Å². The van der Waals surface area contributed by atoms with Crippen LogP contribution in [0.5, 0.6) is 0 Å². The largest absolute Gasteiger partial charge is 0.481 e. The highest BCUT2D eigenvalue weighted by Gasteiger charge is 2.25. The second-order valence-corrected chi connectivity index (χ2v) is 12.2. The van der Waals surface area contributed by atoms with E-state index in [1.165, 1.54) is 28.9 Å². The first kappa shape index (κ1) is 29.3. The summed E-state index contributed by atoms with van der Waals surface area (Å²) in [6, 6.07) is 2.50. The molecule has 0 saturated carbocycles. The van der Waals surface area contributed by atoms with Crippen molar-refractivity contribution < 1.29 is 14.7 Å². The third-order valence-electron chi connectivity index (χ3n) is 7.03. The summed E-state index contributed by atoms with van der Waals surface area (Å²) in [5, 5.41) is 14.9. The van der Waals surface area contributed by atoms with Crippen LogP contribution < -0.4 is 10.2 Å². The summed E-state index contributed by atoms with van der Waals surface area (Å²) < 4.78 is 0. The molecule has 10 nitrogen and oxygen atoms in total. The highest BCUT2D eigenvalue weighted by Crippen LogP contribution is 2.37. The Morgan fingerprint density at radius 1 is 1.31 bits per heavy atom. The molecule has 0 aliphatic carbocycles. The van der Waals surface area contributed by atoms with Crippen LogP contribution in [0.3, 0.4) is 0 Å². The van der Waals surface area contributed by atoms with Gasteiger partial charge in [0.1, 0.15) is 11.5 Å². The molecule has 210 valence electrons. The van der Waals surface area contributed by atoms with Crippen molar-refractivity contribution in [1.29, 1.82) is 0 Å². The maximum atomic E-state index is 13.0. The maximum absolute atomic E-state index is 13.0. The molecule has 39 heavy (non-hydrogen) atoms. The van der Waals surface area contributed by atoms with Crippen molar-refractivity contribution in [3.63, 3.8) is 0 Å². The highest BCUT2D eigenvalue weighted by molar-refractivity contribution is 7.17. The number of carboxylic acids is 1. The second kappa shape index (κ2) is 13.1. The maximum Gasteiger partial charge on any atom is 0.304 e. The van der Waals surface area contributed by atoms with Gasteiger partial charge in [0, 0.05) is 55.1 Å². The lowest BCUT2D eigenvalue weighted by molar-refractivity contribution is -0.137. The minimum atomic E-state index is -0.788. The van der Waals surface area contributed by atoms with E-state index >= 15 is 0 Å². The Hall–Kier alpha value is -2.64. The average Bonchev–Trinajstić information content (AvgIpc) is 3.52. The number of anilines is 2. The number of hydrogen-bond acceptors (Lipinski definition) is 10. The van der Waals surface area contributed by atoms with Crippen molar-refractivity contribution in [2.45, 2.75) is 52.2 Å². The van der Waals surface area contributed by atoms with Crippen LogP contribution in [-0.2, 0) is 11.3 Å². The molecule has 1 amide bonds. The quantitative estimate of drug-likeness (QED) is 0.325. The zero-order valence-electron chi connectivity index (χ0n) is 22.6. The third kappa shape index (κ3) is 7.52. The number of nitrogens with zero attached hydrogens (tertiary/aromatic N) is 6. The third-order valence-corrected chi connectivity index (χ3v) is 9.27. The van der Waals surface area contributed by atoms with E-state index < -0.39 is 5.97 Å². The number of piperazine rings is 1. The van der Waals surface area contributed by atoms with Crippen LogP contribution >= 0.6 is 34.3 Å². The van der Waals surface area contributed by atoms with Crippen LogP contribution in [0.15, 0.2) is 23.8 Å². The minimum absolute atomic E-state index is 0.131. The molecule has 2 N–H and O–H groups in total. The van der Waals surface area contributed by atoms with E-state index in [1.54, 1.807) is 6.20 Å². The van der Waals surface area contributed by atoms with E-state index in [0.29, 0.717) is 48.2 Å². The average molecular weight is 592 g/mol. The van der Waals surface area contributed by atoms with Gasteiger partial charge in [-0.25, -0.2) is 15.0 Å². The fraction of sp³-hybridized carbons (Fsp3) is 0.500. The first-order valence-electron chi connectivity index (χ1n) is 12.9. The number of aliphatic carboxylic acids is 1. The molecule has 3 aromatic rings. The van der Waals surface area contributed by atoms with Gasteiger partial charge >= 0.3 is 5.97 Å². The van der Waals surface area contributed by atoms with Crippen molar-refractivity contribution in [2.75, 3.05) is 43.4 Å². The first-order chi connectivity index (χ1) is 18.6. The Labute approximate surface area is 241 Å². The van der Waals surface area contributed by atoms with Crippen LogP contribution in [0, 0.1) is 0 Å². The summed E-state index contributed by atoms with van der Waals surface area (Å²) in [5.41, 5.74) is 1.04. The van der Waals surface area contributed by atoms with Crippen LogP contribution in [-0.4, -0.2) is 87.0 Å². The Morgan fingerprint density at radius 3 is 2.72 bits per heavy atom. The zero-order valence-corrected chi connectivity index (χ0v) is 24.9. The van der Waals surface area contributed by atoms with Crippen LogP contribution in [0.4, 0.5) is 10.9 Å². The first-order valence-corrected chi connectivity index (χ1v) is 15.0. The van der Waals surface area contributed by atoms with Crippen molar-refractivity contribution >= 4 is 57.1 Å². The van der Waals surface area contributed by atoms with Crippen molar-refractivity contribution in [2.24, 2.45) is 0 Å². The SMILES string of the molecule is CCC(C)N(C)Cc1sc(NC(=O)c2cnc(N3CCN(CCC(=O)O)[C@@H](C)C3)cn2)nc1-c1cc(Cl)cs1. The Bertz CT molecular complexity index is 1280. The number of carboxylic acid groups (broad SMARTS) is 1. The van der Waals surface area contributed by atoms with Gasteiger partial charge < -0.3 is 10.0 Å². The molecule has 1 aliphatic heterocycles. The molecule has 0 radical (unpaired) electrons. The van der Waals surface area contributed by atoms with E-state index in [9.17, 15) is 9.59 Å². The number of rotatable bonds is 11. The van der Waals surface area contributed by atoms with E-state index in [4.69, 9.17) is 21.7 Å². The lowest BCUT2D eigenvalue weighted by atomic mass is 10.2. The Kier molecular flexibility index (Phi) is 9.89. The number of thiazole rings is 1. The van der Waals surface area contributed by atoms with E-state index in [1.807, 2.05) is 11.4 Å². The molecular weight excluding hydrogens is 558 g/mol. The molecule has 0 spiro atoms. The number of aromatic nitrogens is 3. The van der Waals surface area contributed by atoms with Gasteiger partial charge in [-0.2, -0.15) is 0 Å². The molecule has 0 bridgehead atoms. The molecule has 13 heteroatoms. The van der Waals surface area contributed by atoms with Gasteiger partial charge in [0.15, 0.2) is 5.13 Å². The molecule has 1 saturated heterocycles. The molecular formula is C26H34ClN7O3S2. The lowest BCUT2D eigenvalue weighted by Gasteiger charge is -2.40. The Balaban J connectivity index is 1.43. The van der Waals surface area contributed by atoms with Gasteiger partial charge in [-0.05, 0) is 33.4 Å². The predicted octanol–water partition coefficient (Wildman–Crippen LogP) is 4.78. The summed E-state index contributed by atoms with van der Waals surface area (Å²) in [6.45, 7) is 9.84. The number of carbonyl (C=O) groups is 2. The van der Waals surface area contributed by atoms with Crippen molar-refractivity contribution in [3.05, 3.63) is 39.4 Å². The summed E-state index contributed by atoms with van der Waals surface area (Å²) in [4.78, 5) is 46.1. The highest BCUT2D eigenvalue weighted by atomic mass is 35.5. The van der Waals surface area contributed by atoms with Crippen LogP contribution in [0.1, 0.15) is 49.0 Å². The molecule has 1 aliphatic rings. The number of thiophene rings is 1. The van der Waals surface area contributed by atoms with Crippen LogP contribution in [0.25, 0.3) is 10.6 Å². The fourth-order valence-corrected chi connectivity index (χ4v) is 6.56. The van der Waals surface area contributed by atoms with Gasteiger partial charge in [-0.15, -0.1) is 11.3 Å². The second-order valence-electron chi connectivity index (χ2n) is 9.78. The number of hydrogen-bond donors (Lipinski definition) is 2. The summed E-state index contributed by atoms with van der Waals surface area (Å²) in [6.07, 6.45) is 4.26. The minimum Gasteiger partial charge on any atom is -0.481 e. The molecule has 4 heterocycles. The molecule has 0 aromatic carbocycles. The van der Waals surface area contributed by atoms with Gasteiger partial charge in [0.2, 0.25) is 0 Å². The standard InChI is InChI=1S/C26H34ClN7O3S2/c1-5-16(2)32(4)14-21-24(20-10-18(27)15-38-20)30-26(39-21)31-25(37)19-11-29-22(12-28-19)34-9-8-33(17(3)13-34)7-6-23(35)36/h10-12,15-17H,5-9,13-14H2,1-4H3,(H,35,36)(H,30,31,37)/t16?,17-/m0/s1. The lowest BCUT2D eigenvalue weighted by Crippen LogP contribution is -2.52. The molecule has 2 atom stereocenters. The summed E-state index contributed by atoms with van der Waals surface area (Å²) in [7, 11) is 2.09. The fourth-order valence-electron chi connectivity index (χ4n) is 4.37. The Morgan fingerprint density at radius 2 is 2.10 bits per heavy atom. The van der Waals surface area contributed by atoms with E-state index in [-0.39, 0.29) is 24.1 Å². The molecule has 3 aromatic heterocycles. The molecule has 1 unspecified atom stereocenters. The summed E-state index contributed by atoms with van der Waals surface area (Å²) >= 11 is 9.17. The topological polar surface area (TPSA) is 115 Å².